The summed E-state index contributed by atoms with van der Waals surface area (Å²) >= 11 is 0. The van der Waals surface area contributed by atoms with Crippen LogP contribution in [0.15, 0.2) is 41.8 Å². The van der Waals surface area contributed by atoms with Crippen molar-refractivity contribution in [1.82, 2.24) is 0 Å². The highest BCUT2D eigenvalue weighted by Crippen LogP contribution is 1.84. The van der Waals surface area contributed by atoms with Crippen molar-refractivity contribution in [2.75, 3.05) is 6.61 Å². The van der Waals surface area contributed by atoms with E-state index < -0.39 is 0 Å². The van der Waals surface area contributed by atoms with Crippen LogP contribution in [-0.4, -0.2) is 12.8 Å². The second kappa shape index (κ2) is 4.56. The highest BCUT2D eigenvalue weighted by Gasteiger charge is 1.73. The van der Waals surface area contributed by atoms with E-state index in [-0.39, 0.29) is 0 Å². The van der Waals surface area contributed by atoms with Gasteiger partial charge in [-0.1, -0.05) is 12.2 Å². The molecule has 1 heterocycles. The molecule has 2 heteroatoms. The first-order valence-corrected chi connectivity index (χ1v) is 3.12. The van der Waals surface area contributed by atoms with E-state index in [4.69, 9.17) is 4.74 Å². The van der Waals surface area contributed by atoms with Gasteiger partial charge in [-0.05, 0) is 12.2 Å². The standard InChI is InChI=1S/C8H9NO/c1-2-4-7-10-8-6-9-5-3-1/h1-7H,8H2/b2-1+,5-3-,7-4-,9-6?. The predicted octanol–water partition coefficient (Wildman–Crippen LogP) is 1.67. The monoisotopic (exact) mass is 135 g/mol. The molecule has 0 saturated carbocycles. The summed E-state index contributed by atoms with van der Waals surface area (Å²) < 4.78 is 5.00. The van der Waals surface area contributed by atoms with E-state index in [1.807, 2.05) is 24.3 Å². The van der Waals surface area contributed by atoms with Gasteiger partial charge in [0.05, 0.1) is 6.26 Å². The minimum absolute atomic E-state index is 0.536. The van der Waals surface area contributed by atoms with Crippen molar-refractivity contribution >= 4 is 6.21 Å². The number of aliphatic imine (C=N–C) groups is 1. The average Bonchev–Trinajstić information content (AvgIpc) is 2.01. The van der Waals surface area contributed by atoms with Gasteiger partial charge in [-0.2, -0.15) is 0 Å². The fourth-order valence-corrected chi connectivity index (χ4v) is 0.531. The summed E-state index contributed by atoms with van der Waals surface area (Å²) in [6, 6.07) is 0. The van der Waals surface area contributed by atoms with Gasteiger partial charge < -0.3 is 4.74 Å². The maximum absolute atomic E-state index is 5.00. The van der Waals surface area contributed by atoms with Crippen molar-refractivity contribution in [2.45, 2.75) is 0 Å². The zero-order chi connectivity index (χ0) is 7.07. The molecule has 0 amide bonds. The fourth-order valence-electron chi connectivity index (χ4n) is 0.531. The van der Waals surface area contributed by atoms with Crippen molar-refractivity contribution in [3.8, 4) is 0 Å². The normalized spacial score (nSPS) is 26.4. The molecule has 10 heavy (non-hydrogen) atoms. The number of ether oxygens (including phenoxy) is 1. The molecule has 0 atom stereocenters. The second-order valence-electron chi connectivity index (χ2n) is 1.72. The minimum Gasteiger partial charge on any atom is -0.496 e. The third-order valence-corrected chi connectivity index (χ3v) is 0.956. The average molecular weight is 135 g/mol. The van der Waals surface area contributed by atoms with E-state index in [9.17, 15) is 0 Å². The molecule has 0 fully saturated rings. The predicted molar refractivity (Wildman–Crippen MR) is 41.9 cm³/mol. The molecule has 0 bridgehead atoms. The summed E-state index contributed by atoms with van der Waals surface area (Å²) in [5.74, 6) is 0. The van der Waals surface area contributed by atoms with Gasteiger partial charge in [-0.3, -0.25) is 4.99 Å². The molecule has 0 aliphatic carbocycles. The maximum Gasteiger partial charge on any atom is 0.122 e. The van der Waals surface area contributed by atoms with Crippen LogP contribution in [0.1, 0.15) is 0 Å². The quantitative estimate of drug-likeness (QED) is 0.495. The third-order valence-electron chi connectivity index (χ3n) is 0.956. The van der Waals surface area contributed by atoms with Gasteiger partial charge in [-0.25, -0.2) is 0 Å². The molecule has 0 saturated heterocycles. The Hall–Kier alpha value is -1.31. The topological polar surface area (TPSA) is 21.6 Å². The van der Waals surface area contributed by atoms with Crippen LogP contribution in [0.25, 0.3) is 0 Å². The molecule has 0 aromatic rings. The molecule has 1 aliphatic rings. The zero-order valence-corrected chi connectivity index (χ0v) is 5.60. The van der Waals surface area contributed by atoms with E-state index in [0.29, 0.717) is 6.61 Å². The van der Waals surface area contributed by atoms with Crippen molar-refractivity contribution in [3.05, 3.63) is 36.8 Å². The van der Waals surface area contributed by atoms with Crippen molar-refractivity contribution in [3.63, 3.8) is 0 Å². The first kappa shape index (κ1) is 6.81. The Kier molecular flexibility index (Phi) is 3.10. The third kappa shape index (κ3) is 2.87. The fraction of sp³-hybridized carbons (Fsp3) is 0.125. The van der Waals surface area contributed by atoms with Crippen molar-refractivity contribution < 1.29 is 4.74 Å². The number of hydrogen-bond acceptors (Lipinski definition) is 2. The largest absolute Gasteiger partial charge is 0.496 e. The minimum atomic E-state index is 0.536. The molecule has 2 nitrogen and oxygen atoms in total. The van der Waals surface area contributed by atoms with Crippen LogP contribution in [0.3, 0.4) is 0 Å². The van der Waals surface area contributed by atoms with Crippen LogP contribution in [0.4, 0.5) is 0 Å². The lowest BCUT2D eigenvalue weighted by Crippen LogP contribution is -1.86. The summed E-state index contributed by atoms with van der Waals surface area (Å²) in [6.45, 7) is 0.536. The summed E-state index contributed by atoms with van der Waals surface area (Å²) in [6.07, 6.45) is 12.6. The van der Waals surface area contributed by atoms with Crippen LogP contribution in [0.2, 0.25) is 0 Å². The molecule has 0 aromatic heterocycles. The number of nitrogens with zero attached hydrogens (tertiary/aromatic N) is 1. The lowest BCUT2D eigenvalue weighted by molar-refractivity contribution is 0.306. The number of hydrogen-bond donors (Lipinski definition) is 0. The molecule has 52 valence electrons. The van der Waals surface area contributed by atoms with Gasteiger partial charge in [0.15, 0.2) is 0 Å². The summed E-state index contributed by atoms with van der Waals surface area (Å²) in [4.78, 5) is 3.92. The Balaban J connectivity index is 2.53. The van der Waals surface area contributed by atoms with Gasteiger partial charge >= 0.3 is 0 Å². The van der Waals surface area contributed by atoms with Crippen LogP contribution in [0.5, 0.6) is 0 Å². The number of allylic oxidation sites excluding steroid dienone is 4. The lowest BCUT2D eigenvalue weighted by Gasteiger charge is -1.91. The maximum atomic E-state index is 5.00. The Bertz CT molecular complexity index is 167. The Morgan fingerprint density at radius 1 is 1.10 bits per heavy atom. The first-order valence-electron chi connectivity index (χ1n) is 3.12. The smallest absolute Gasteiger partial charge is 0.122 e. The molecule has 1 aliphatic heterocycles. The highest BCUT2D eigenvalue weighted by atomic mass is 16.5. The molecular formula is C8H9NO. The lowest BCUT2D eigenvalue weighted by atomic mass is 10.4. The molecule has 0 N–H and O–H groups in total. The van der Waals surface area contributed by atoms with Crippen molar-refractivity contribution in [1.29, 1.82) is 0 Å². The van der Waals surface area contributed by atoms with Crippen LogP contribution < -0.4 is 0 Å². The second-order valence-corrected chi connectivity index (χ2v) is 1.72. The molecule has 1 rings (SSSR count). The summed E-state index contributed by atoms with van der Waals surface area (Å²) in [5, 5.41) is 0. The van der Waals surface area contributed by atoms with E-state index >= 15 is 0 Å². The van der Waals surface area contributed by atoms with E-state index in [1.165, 1.54) is 0 Å². The Morgan fingerprint density at radius 2 is 2.00 bits per heavy atom. The van der Waals surface area contributed by atoms with Crippen molar-refractivity contribution in [2.24, 2.45) is 4.99 Å². The number of rotatable bonds is 0. The molecule has 0 spiro atoms. The summed E-state index contributed by atoms with van der Waals surface area (Å²) in [7, 11) is 0. The van der Waals surface area contributed by atoms with Gasteiger partial charge in [0.25, 0.3) is 0 Å². The van der Waals surface area contributed by atoms with Crippen LogP contribution in [0, 0.1) is 0 Å². The SMILES string of the molecule is C1=N\C=C/C=C/C=C\OC1. The van der Waals surface area contributed by atoms with Gasteiger partial charge in [0, 0.05) is 12.4 Å². The molecule has 0 unspecified atom stereocenters. The molecule has 0 radical (unpaired) electrons. The van der Waals surface area contributed by atoms with Gasteiger partial charge in [0.2, 0.25) is 0 Å². The van der Waals surface area contributed by atoms with Gasteiger partial charge in [0.1, 0.15) is 6.61 Å². The van der Waals surface area contributed by atoms with E-state index in [0.717, 1.165) is 0 Å². The van der Waals surface area contributed by atoms with Crippen LogP contribution >= 0.6 is 0 Å². The Morgan fingerprint density at radius 3 is 3.00 bits per heavy atom. The van der Waals surface area contributed by atoms with Crippen LogP contribution in [-0.2, 0) is 4.74 Å². The summed E-state index contributed by atoms with van der Waals surface area (Å²) in [5.41, 5.74) is 0. The highest BCUT2D eigenvalue weighted by molar-refractivity contribution is 5.59. The van der Waals surface area contributed by atoms with E-state index in [1.54, 1.807) is 18.7 Å². The van der Waals surface area contributed by atoms with Gasteiger partial charge in [-0.15, -0.1) is 0 Å². The zero-order valence-electron chi connectivity index (χ0n) is 5.60. The first-order chi connectivity index (χ1) is 5.00. The Labute approximate surface area is 60.2 Å². The van der Waals surface area contributed by atoms with E-state index in [2.05, 4.69) is 4.99 Å². The molecular weight excluding hydrogens is 126 g/mol. The molecule has 0 aromatic carbocycles.